The summed E-state index contributed by atoms with van der Waals surface area (Å²) in [6.45, 7) is 0. The van der Waals surface area contributed by atoms with Crippen LogP contribution < -0.4 is 4.65 Å². The van der Waals surface area contributed by atoms with Crippen LogP contribution in [0, 0.1) is 0 Å². The molecule has 13 heavy (non-hydrogen) atoms. The summed E-state index contributed by atoms with van der Waals surface area (Å²) in [5, 5.41) is 17.9. The van der Waals surface area contributed by atoms with Gasteiger partial charge < -0.3 is 19.1 Å². The quantitative estimate of drug-likeness (QED) is 0.667. The molecule has 0 radical (unpaired) electrons. The third kappa shape index (κ3) is 1.66. The molecule has 1 aromatic carbocycles. The van der Waals surface area contributed by atoms with Crippen molar-refractivity contribution in [3.05, 3.63) is 30.5 Å². The fourth-order valence-corrected chi connectivity index (χ4v) is 1.14. The van der Waals surface area contributed by atoms with Gasteiger partial charge in [-0.05, 0) is 24.3 Å². The van der Waals surface area contributed by atoms with Crippen LogP contribution in [-0.2, 0) is 0 Å². The predicted molar refractivity (Wildman–Crippen MR) is 47.0 cm³/mol. The smallest absolute Gasteiger partial charge is 0.512 e. The van der Waals surface area contributed by atoms with E-state index in [-0.39, 0.29) is 0 Å². The molecular formula is C8H7BO4. The molecule has 0 amide bonds. The van der Waals surface area contributed by atoms with Crippen LogP contribution in [0.4, 0.5) is 0 Å². The highest BCUT2D eigenvalue weighted by Crippen LogP contribution is 2.21. The van der Waals surface area contributed by atoms with Gasteiger partial charge in [-0.2, -0.15) is 0 Å². The maximum Gasteiger partial charge on any atom is 0.707 e. The zero-order chi connectivity index (χ0) is 9.26. The molecule has 0 atom stereocenters. The lowest BCUT2D eigenvalue weighted by Crippen LogP contribution is -2.20. The van der Waals surface area contributed by atoms with Crippen LogP contribution in [0.3, 0.4) is 0 Å². The molecule has 2 N–H and O–H groups in total. The zero-order valence-electron chi connectivity index (χ0n) is 6.68. The van der Waals surface area contributed by atoms with Crippen LogP contribution in [0.15, 0.2) is 34.9 Å². The van der Waals surface area contributed by atoms with Gasteiger partial charge in [-0.1, -0.05) is 0 Å². The molecule has 0 bridgehead atoms. The van der Waals surface area contributed by atoms with E-state index in [0.29, 0.717) is 5.75 Å². The van der Waals surface area contributed by atoms with Crippen LogP contribution in [0.1, 0.15) is 0 Å². The minimum atomic E-state index is -1.79. The van der Waals surface area contributed by atoms with E-state index in [0.717, 1.165) is 11.0 Å². The van der Waals surface area contributed by atoms with E-state index in [1.807, 2.05) is 0 Å². The Morgan fingerprint density at radius 1 is 1.23 bits per heavy atom. The van der Waals surface area contributed by atoms with Gasteiger partial charge in [0.1, 0.15) is 11.3 Å². The van der Waals surface area contributed by atoms with Crippen LogP contribution in [0.25, 0.3) is 11.0 Å². The van der Waals surface area contributed by atoms with Crippen molar-refractivity contribution in [3.8, 4) is 5.75 Å². The molecule has 0 saturated heterocycles. The van der Waals surface area contributed by atoms with E-state index in [9.17, 15) is 0 Å². The minimum Gasteiger partial charge on any atom is -0.512 e. The Labute approximate surface area is 74.5 Å². The highest BCUT2D eigenvalue weighted by molar-refractivity contribution is 6.33. The van der Waals surface area contributed by atoms with E-state index in [1.165, 1.54) is 0 Å². The second kappa shape index (κ2) is 3.12. The van der Waals surface area contributed by atoms with Crippen molar-refractivity contribution in [2.75, 3.05) is 0 Å². The molecule has 1 heterocycles. The second-order valence-corrected chi connectivity index (χ2v) is 2.56. The van der Waals surface area contributed by atoms with Crippen LogP contribution in [0.5, 0.6) is 5.75 Å². The van der Waals surface area contributed by atoms with Crippen LogP contribution in [-0.4, -0.2) is 17.4 Å². The molecule has 0 unspecified atom stereocenters. The summed E-state index contributed by atoms with van der Waals surface area (Å²) >= 11 is 0. The van der Waals surface area contributed by atoms with Crippen LogP contribution >= 0.6 is 0 Å². The lowest BCUT2D eigenvalue weighted by atomic mass is 10.2. The third-order valence-corrected chi connectivity index (χ3v) is 1.67. The predicted octanol–water partition coefficient (Wildman–Crippen LogP) is 0.781. The van der Waals surface area contributed by atoms with Crippen molar-refractivity contribution in [2.45, 2.75) is 0 Å². The fourth-order valence-electron chi connectivity index (χ4n) is 1.14. The van der Waals surface area contributed by atoms with Gasteiger partial charge in [0, 0.05) is 5.39 Å². The van der Waals surface area contributed by atoms with E-state index in [1.54, 1.807) is 30.5 Å². The zero-order valence-corrected chi connectivity index (χ0v) is 6.68. The Morgan fingerprint density at radius 2 is 2.08 bits per heavy atom. The van der Waals surface area contributed by atoms with Gasteiger partial charge >= 0.3 is 7.32 Å². The summed E-state index contributed by atoms with van der Waals surface area (Å²) < 4.78 is 9.76. The molecule has 0 aliphatic rings. The first-order chi connectivity index (χ1) is 6.25. The van der Waals surface area contributed by atoms with E-state index in [2.05, 4.69) is 4.65 Å². The average Bonchev–Trinajstić information content (AvgIpc) is 2.49. The van der Waals surface area contributed by atoms with Gasteiger partial charge in [-0.15, -0.1) is 0 Å². The van der Waals surface area contributed by atoms with Crippen molar-refractivity contribution in [1.82, 2.24) is 0 Å². The van der Waals surface area contributed by atoms with Gasteiger partial charge in [-0.25, -0.2) is 0 Å². The Kier molecular flexibility index (Phi) is 1.96. The second-order valence-electron chi connectivity index (χ2n) is 2.56. The molecule has 5 heteroatoms. The molecule has 0 aliphatic heterocycles. The first-order valence-corrected chi connectivity index (χ1v) is 3.76. The summed E-state index contributed by atoms with van der Waals surface area (Å²) in [4.78, 5) is 0. The van der Waals surface area contributed by atoms with Gasteiger partial charge in [0.15, 0.2) is 0 Å². The topological polar surface area (TPSA) is 62.8 Å². The first-order valence-electron chi connectivity index (χ1n) is 3.76. The number of rotatable bonds is 2. The molecule has 0 fully saturated rings. The van der Waals surface area contributed by atoms with Gasteiger partial charge in [0.2, 0.25) is 0 Å². The Hall–Kier alpha value is -1.46. The van der Waals surface area contributed by atoms with Gasteiger partial charge in [0.05, 0.1) is 6.26 Å². The number of fused-ring (bicyclic) bond motifs is 1. The van der Waals surface area contributed by atoms with E-state index < -0.39 is 7.32 Å². The van der Waals surface area contributed by atoms with Crippen molar-refractivity contribution in [1.29, 1.82) is 0 Å². The lowest BCUT2D eigenvalue weighted by molar-refractivity contribution is 0.288. The largest absolute Gasteiger partial charge is 0.707 e. The monoisotopic (exact) mass is 178 g/mol. The molecule has 2 rings (SSSR count). The molecule has 66 valence electrons. The summed E-state index contributed by atoms with van der Waals surface area (Å²) in [7, 11) is -1.79. The molecule has 4 nitrogen and oxygen atoms in total. The SMILES string of the molecule is OB(O)Oc1ccc2occc2c1. The summed E-state index contributed by atoms with van der Waals surface area (Å²) in [5.41, 5.74) is 0.736. The average molecular weight is 178 g/mol. The van der Waals surface area contributed by atoms with Crippen LogP contribution in [0.2, 0.25) is 0 Å². The normalized spacial score (nSPS) is 10.3. The molecule has 0 spiro atoms. The van der Waals surface area contributed by atoms with E-state index >= 15 is 0 Å². The lowest BCUT2D eigenvalue weighted by Gasteiger charge is -2.02. The summed E-state index contributed by atoms with van der Waals surface area (Å²) in [6, 6.07) is 6.74. The van der Waals surface area contributed by atoms with E-state index in [4.69, 9.17) is 14.5 Å². The molecule has 2 aromatic rings. The van der Waals surface area contributed by atoms with Crippen molar-refractivity contribution in [2.24, 2.45) is 0 Å². The Bertz CT molecular complexity index is 409. The number of hydrogen-bond donors (Lipinski definition) is 2. The standard InChI is InChI=1S/C8H7BO4/c10-9(11)13-7-1-2-8-6(5-7)3-4-12-8/h1-5,10-11H. The summed E-state index contributed by atoms with van der Waals surface area (Å²) in [6.07, 6.45) is 1.56. The van der Waals surface area contributed by atoms with Gasteiger partial charge in [-0.3, -0.25) is 0 Å². The first kappa shape index (κ1) is 8.16. The van der Waals surface area contributed by atoms with Crippen molar-refractivity contribution >= 4 is 18.3 Å². The highest BCUT2D eigenvalue weighted by atomic mass is 16.6. The minimum absolute atomic E-state index is 0.393. The third-order valence-electron chi connectivity index (χ3n) is 1.67. The number of furan rings is 1. The molecular weight excluding hydrogens is 171 g/mol. The number of benzene rings is 1. The highest BCUT2D eigenvalue weighted by Gasteiger charge is 2.11. The van der Waals surface area contributed by atoms with Gasteiger partial charge in [0.25, 0.3) is 0 Å². The van der Waals surface area contributed by atoms with Crippen molar-refractivity contribution < 1.29 is 19.1 Å². The number of hydrogen-bond acceptors (Lipinski definition) is 4. The summed E-state index contributed by atoms with van der Waals surface area (Å²) in [5.74, 6) is 0.393. The Balaban J connectivity index is 2.37. The maximum absolute atomic E-state index is 8.54. The molecule has 1 aromatic heterocycles. The maximum atomic E-state index is 8.54. The molecule has 0 saturated carbocycles. The van der Waals surface area contributed by atoms with Crippen molar-refractivity contribution in [3.63, 3.8) is 0 Å². The Morgan fingerprint density at radius 3 is 2.85 bits per heavy atom. The molecule has 0 aliphatic carbocycles. The fraction of sp³-hybridized carbons (Fsp3) is 0.